The van der Waals surface area contributed by atoms with Crippen molar-refractivity contribution in [3.8, 4) is 0 Å². The Morgan fingerprint density at radius 3 is 2.56 bits per heavy atom. The molecule has 1 aliphatic carbocycles. The van der Waals surface area contributed by atoms with Crippen LogP contribution in [0.1, 0.15) is 56.7 Å². The number of Topliss-reactive ketones (excluding diaryl/α,β-unsaturated/α-hetero) is 1. The zero-order chi connectivity index (χ0) is 12.1. The maximum Gasteiger partial charge on any atom is 0.140 e. The van der Waals surface area contributed by atoms with E-state index in [4.69, 9.17) is 0 Å². The average Bonchev–Trinajstić information content (AvgIpc) is 2.36. The lowest BCUT2D eigenvalue weighted by Gasteiger charge is -2.21. The van der Waals surface area contributed by atoms with E-state index in [9.17, 15) is 4.79 Å². The van der Waals surface area contributed by atoms with Crippen molar-refractivity contribution in [2.24, 2.45) is 0 Å². The van der Waals surface area contributed by atoms with Crippen LogP contribution < -0.4 is 0 Å². The van der Waals surface area contributed by atoms with Gasteiger partial charge in [0.1, 0.15) is 5.78 Å². The number of ketones is 1. The molecule has 1 unspecified atom stereocenters. The Morgan fingerprint density at radius 2 is 1.94 bits per heavy atom. The first-order chi connectivity index (χ1) is 7.72. The van der Waals surface area contributed by atoms with Crippen molar-refractivity contribution >= 4 is 5.78 Å². The van der Waals surface area contributed by atoms with E-state index in [0.29, 0.717) is 5.78 Å². The van der Waals surface area contributed by atoms with E-state index in [-0.39, 0.29) is 5.92 Å². The molecule has 0 radical (unpaired) electrons. The number of aryl methyl sites for hydroxylation is 2. The summed E-state index contributed by atoms with van der Waals surface area (Å²) in [6.45, 7) is 8.18. The van der Waals surface area contributed by atoms with Crippen molar-refractivity contribution < 1.29 is 4.79 Å². The molecule has 1 aromatic carbocycles. The van der Waals surface area contributed by atoms with Crippen molar-refractivity contribution in [1.82, 2.24) is 0 Å². The second-order valence-electron chi connectivity index (χ2n) is 4.07. The van der Waals surface area contributed by atoms with Crippen molar-refractivity contribution in [3.63, 3.8) is 0 Å². The van der Waals surface area contributed by atoms with Gasteiger partial charge in [-0.25, -0.2) is 0 Å². The molecule has 0 saturated heterocycles. The molecule has 0 saturated carbocycles. The lowest BCUT2D eigenvalue weighted by Crippen LogP contribution is -2.18. The summed E-state index contributed by atoms with van der Waals surface area (Å²) >= 11 is 0. The molecule has 1 atom stereocenters. The van der Waals surface area contributed by atoms with E-state index < -0.39 is 0 Å². The standard InChI is InChI=1S/C13H16O.C2H6/c1-3-10-4-5-11-6-7-13(14)9(2)12(11)8-10;1-2/h4-5,8-9H,3,6-7H2,1-2H3;1-2H3. The Morgan fingerprint density at radius 1 is 1.25 bits per heavy atom. The molecule has 0 N–H and O–H groups in total. The van der Waals surface area contributed by atoms with E-state index in [0.717, 1.165) is 19.3 Å². The molecule has 1 heteroatoms. The summed E-state index contributed by atoms with van der Waals surface area (Å²) in [4.78, 5) is 11.6. The minimum Gasteiger partial charge on any atom is -0.299 e. The second kappa shape index (κ2) is 5.83. The molecule has 0 spiro atoms. The highest BCUT2D eigenvalue weighted by atomic mass is 16.1. The van der Waals surface area contributed by atoms with Crippen LogP contribution in [-0.4, -0.2) is 5.78 Å². The Kier molecular flexibility index (Phi) is 4.72. The molecule has 0 heterocycles. The third-order valence-corrected chi connectivity index (χ3v) is 3.21. The molecular weight excluding hydrogens is 196 g/mol. The first-order valence-corrected chi connectivity index (χ1v) is 6.36. The van der Waals surface area contributed by atoms with Gasteiger partial charge in [0.2, 0.25) is 0 Å². The fourth-order valence-corrected chi connectivity index (χ4v) is 2.14. The Bertz CT molecular complexity index is 366. The molecule has 0 bridgehead atoms. The molecule has 88 valence electrons. The van der Waals surface area contributed by atoms with E-state index in [1.807, 2.05) is 20.8 Å². The predicted molar refractivity (Wildman–Crippen MR) is 68.9 cm³/mol. The fourth-order valence-electron chi connectivity index (χ4n) is 2.14. The lowest BCUT2D eigenvalue weighted by molar-refractivity contribution is -0.120. The van der Waals surface area contributed by atoms with E-state index in [2.05, 4.69) is 25.1 Å². The van der Waals surface area contributed by atoms with Crippen molar-refractivity contribution in [2.75, 3.05) is 0 Å². The number of carbonyl (C=O) groups is 1. The van der Waals surface area contributed by atoms with E-state index in [1.54, 1.807) is 0 Å². The molecule has 0 aromatic heterocycles. The van der Waals surface area contributed by atoms with Gasteiger partial charge >= 0.3 is 0 Å². The quantitative estimate of drug-likeness (QED) is 0.699. The Labute approximate surface area is 98.9 Å². The molecule has 1 aromatic rings. The lowest BCUT2D eigenvalue weighted by atomic mass is 9.82. The maximum atomic E-state index is 11.6. The summed E-state index contributed by atoms with van der Waals surface area (Å²) in [5.41, 5.74) is 3.97. The van der Waals surface area contributed by atoms with Gasteiger partial charge in [-0.15, -0.1) is 0 Å². The van der Waals surface area contributed by atoms with Crippen LogP contribution in [0.4, 0.5) is 0 Å². The van der Waals surface area contributed by atoms with Crippen LogP contribution in [0.3, 0.4) is 0 Å². The van der Waals surface area contributed by atoms with E-state index in [1.165, 1.54) is 16.7 Å². The molecule has 0 fully saturated rings. The SMILES string of the molecule is CC.CCc1ccc2c(c1)C(C)C(=O)CC2. The highest BCUT2D eigenvalue weighted by Gasteiger charge is 2.23. The molecule has 0 amide bonds. The predicted octanol–water partition coefficient (Wildman–Crippen LogP) is 3.89. The van der Waals surface area contributed by atoms with Gasteiger partial charge in [-0.1, -0.05) is 45.9 Å². The smallest absolute Gasteiger partial charge is 0.140 e. The van der Waals surface area contributed by atoms with Gasteiger partial charge in [0.05, 0.1) is 0 Å². The summed E-state index contributed by atoms with van der Waals surface area (Å²) < 4.78 is 0. The number of hydrogen-bond donors (Lipinski definition) is 0. The summed E-state index contributed by atoms with van der Waals surface area (Å²) in [6, 6.07) is 6.58. The van der Waals surface area contributed by atoms with Gasteiger partial charge < -0.3 is 0 Å². The maximum absolute atomic E-state index is 11.6. The summed E-state index contributed by atoms with van der Waals surface area (Å²) in [7, 11) is 0. The highest BCUT2D eigenvalue weighted by molar-refractivity contribution is 5.87. The van der Waals surface area contributed by atoms with Gasteiger partial charge in [-0.3, -0.25) is 4.79 Å². The van der Waals surface area contributed by atoms with Crippen molar-refractivity contribution in [2.45, 2.75) is 52.9 Å². The van der Waals surface area contributed by atoms with Gasteiger partial charge in [0, 0.05) is 12.3 Å². The van der Waals surface area contributed by atoms with E-state index >= 15 is 0 Å². The van der Waals surface area contributed by atoms with Gasteiger partial charge in [0.25, 0.3) is 0 Å². The Hall–Kier alpha value is -1.11. The number of carbonyl (C=O) groups excluding carboxylic acids is 1. The molecular formula is C15H22O. The molecule has 16 heavy (non-hydrogen) atoms. The average molecular weight is 218 g/mol. The third-order valence-electron chi connectivity index (χ3n) is 3.21. The van der Waals surface area contributed by atoms with Crippen molar-refractivity contribution in [3.05, 3.63) is 34.9 Å². The molecule has 0 aliphatic heterocycles. The summed E-state index contributed by atoms with van der Waals surface area (Å²) in [5.74, 6) is 0.510. The number of hydrogen-bond acceptors (Lipinski definition) is 1. The van der Waals surface area contributed by atoms with Gasteiger partial charge in [-0.05, 0) is 29.5 Å². The molecule has 2 rings (SSSR count). The summed E-state index contributed by atoms with van der Waals surface area (Å²) in [5, 5.41) is 0. The highest BCUT2D eigenvalue weighted by Crippen LogP contribution is 2.29. The van der Waals surface area contributed by atoms with Crippen LogP contribution in [-0.2, 0) is 17.6 Å². The van der Waals surface area contributed by atoms with Gasteiger partial charge in [0.15, 0.2) is 0 Å². The monoisotopic (exact) mass is 218 g/mol. The second-order valence-corrected chi connectivity index (χ2v) is 4.07. The zero-order valence-corrected chi connectivity index (χ0v) is 10.8. The largest absolute Gasteiger partial charge is 0.299 e. The van der Waals surface area contributed by atoms with Gasteiger partial charge in [-0.2, -0.15) is 0 Å². The number of fused-ring (bicyclic) bond motifs is 1. The summed E-state index contributed by atoms with van der Waals surface area (Å²) in [6.07, 6.45) is 2.70. The number of rotatable bonds is 1. The third kappa shape index (κ3) is 2.52. The minimum atomic E-state index is 0.116. The van der Waals surface area contributed by atoms with Crippen LogP contribution >= 0.6 is 0 Å². The van der Waals surface area contributed by atoms with Crippen LogP contribution in [0.5, 0.6) is 0 Å². The fraction of sp³-hybridized carbons (Fsp3) is 0.533. The van der Waals surface area contributed by atoms with Crippen molar-refractivity contribution in [1.29, 1.82) is 0 Å². The van der Waals surface area contributed by atoms with Crippen LogP contribution in [0.2, 0.25) is 0 Å². The zero-order valence-electron chi connectivity index (χ0n) is 10.8. The first-order valence-electron chi connectivity index (χ1n) is 6.36. The number of benzene rings is 1. The van der Waals surface area contributed by atoms with Crippen LogP contribution in [0.25, 0.3) is 0 Å². The topological polar surface area (TPSA) is 17.1 Å². The first kappa shape index (κ1) is 13.0. The molecule has 1 aliphatic rings. The Balaban J connectivity index is 0.000000606. The normalized spacial score (nSPS) is 18.5. The molecule has 1 nitrogen and oxygen atoms in total. The van der Waals surface area contributed by atoms with Crippen LogP contribution in [0, 0.1) is 0 Å². The minimum absolute atomic E-state index is 0.116. The van der Waals surface area contributed by atoms with Crippen LogP contribution in [0.15, 0.2) is 18.2 Å².